The van der Waals surface area contributed by atoms with Gasteiger partial charge in [-0.25, -0.2) is 9.83 Å². The maximum Gasteiger partial charge on any atom is 0.241 e. The summed E-state index contributed by atoms with van der Waals surface area (Å²) in [6.07, 6.45) is 4.59. The number of hydrogen-bond donors (Lipinski definition) is 1. The Morgan fingerprint density at radius 1 is 2.00 bits per heavy atom. The minimum absolute atomic E-state index is 0.667. The van der Waals surface area contributed by atoms with Gasteiger partial charge in [0, 0.05) is 6.42 Å². The molecule has 0 saturated heterocycles. The molecule has 3 heteroatoms. The van der Waals surface area contributed by atoms with E-state index in [1.54, 1.807) is 6.08 Å². The van der Waals surface area contributed by atoms with Crippen molar-refractivity contribution in [2.75, 3.05) is 0 Å². The van der Waals surface area contributed by atoms with Gasteiger partial charge >= 0.3 is 0 Å². The molecule has 1 heterocycles. The molecule has 3 nitrogen and oxygen atoms in total. The van der Waals surface area contributed by atoms with Gasteiger partial charge < -0.3 is 0 Å². The minimum Gasteiger partial charge on any atom is -0.253 e. The Balaban J connectivity index is 2.25. The van der Waals surface area contributed by atoms with Crippen molar-refractivity contribution in [3.63, 3.8) is 0 Å². The highest BCUT2D eigenvalue weighted by molar-refractivity contribution is 5.55. The van der Waals surface area contributed by atoms with E-state index in [1.165, 1.54) is 6.34 Å². The normalized spacial score (nSPS) is 18.5. The molecule has 0 bridgehead atoms. The van der Waals surface area contributed by atoms with Crippen LogP contribution in [0.4, 0.5) is 0 Å². The summed E-state index contributed by atoms with van der Waals surface area (Å²) in [5.41, 5.74) is 2.48. The van der Waals surface area contributed by atoms with E-state index in [0.717, 1.165) is 0 Å². The van der Waals surface area contributed by atoms with Crippen molar-refractivity contribution >= 4 is 6.34 Å². The predicted octanol–water partition coefficient (Wildman–Crippen LogP) is 0.615. The second kappa shape index (κ2) is 2.47. The second-order valence-corrected chi connectivity index (χ2v) is 1.36. The smallest absolute Gasteiger partial charge is 0.241 e. The van der Waals surface area contributed by atoms with Crippen molar-refractivity contribution in [1.29, 1.82) is 0 Å². The predicted molar refractivity (Wildman–Crippen MR) is 30.8 cm³/mol. The maximum absolute atomic E-state index is 4.77. The molecule has 1 radical (unpaired) electrons. The Morgan fingerprint density at radius 3 is 3.38 bits per heavy atom. The van der Waals surface area contributed by atoms with Gasteiger partial charge in [-0.05, 0) is 0 Å². The lowest BCUT2D eigenvalue weighted by Crippen LogP contribution is -2.04. The Bertz CT molecular complexity index is 111. The van der Waals surface area contributed by atoms with Gasteiger partial charge in [-0.2, -0.15) is 0 Å². The van der Waals surface area contributed by atoms with Crippen LogP contribution in [0.3, 0.4) is 0 Å². The van der Waals surface area contributed by atoms with Gasteiger partial charge in [0.05, 0.1) is 0 Å². The van der Waals surface area contributed by atoms with E-state index in [1.807, 2.05) is 0 Å². The van der Waals surface area contributed by atoms with E-state index in [-0.39, 0.29) is 0 Å². The number of hydrogen-bond acceptors (Lipinski definition) is 3. The van der Waals surface area contributed by atoms with Crippen LogP contribution in [0.2, 0.25) is 0 Å². The lowest BCUT2D eigenvalue weighted by molar-refractivity contribution is 0.118. The molecule has 0 aromatic carbocycles. The highest BCUT2D eigenvalue weighted by Gasteiger charge is 2.08. The first kappa shape index (κ1) is 5.31. The lowest BCUT2D eigenvalue weighted by Gasteiger charge is -1.96. The largest absolute Gasteiger partial charge is 0.253 e. The molecule has 8 heavy (non-hydrogen) atoms. The first-order chi connectivity index (χ1) is 3.93. The number of aliphatic imine (C=N–C) groups is 1. The Kier molecular flexibility index (Phi) is 1.64. The van der Waals surface area contributed by atoms with Gasteiger partial charge in [-0.15, -0.1) is 6.58 Å². The van der Waals surface area contributed by atoms with Gasteiger partial charge in [-0.1, -0.05) is 6.08 Å². The van der Waals surface area contributed by atoms with Crippen LogP contribution in [0.1, 0.15) is 6.42 Å². The van der Waals surface area contributed by atoms with E-state index in [2.05, 4.69) is 17.1 Å². The van der Waals surface area contributed by atoms with Gasteiger partial charge in [0.2, 0.25) is 6.23 Å². The van der Waals surface area contributed by atoms with Gasteiger partial charge in [0.1, 0.15) is 6.34 Å². The average molecular weight is 111 g/mol. The van der Waals surface area contributed by atoms with Gasteiger partial charge in [-0.3, -0.25) is 5.48 Å². The molecule has 0 saturated carbocycles. The molecule has 0 unspecified atom stereocenters. The summed E-state index contributed by atoms with van der Waals surface area (Å²) in [4.78, 5) is 8.58. The summed E-state index contributed by atoms with van der Waals surface area (Å²) < 4.78 is 0. The molecule has 0 atom stereocenters. The fraction of sp³-hybridized carbons (Fsp3) is 0.200. The molecule has 0 aromatic rings. The van der Waals surface area contributed by atoms with Crippen LogP contribution in [0.5, 0.6) is 0 Å². The van der Waals surface area contributed by atoms with Crippen LogP contribution in [-0.2, 0) is 4.84 Å². The van der Waals surface area contributed by atoms with Crippen LogP contribution >= 0.6 is 0 Å². The molecule has 0 fully saturated rings. The minimum atomic E-state index is 0.667. The Morgan fingerprint density at radius 2 is 2.88 bits per heavy atom. The first-order valence-corrected chi connectivity index (χ1v) is 2.35. The summed E-state index contributed by atoms with van der Waals surface area (Å²) in [7, 11) is 0. The highest BCUT2D eigenvalue weighted by Crippen LogP contribution is 2.10. The number of hydroxylamine groups is 1. The summed E-state index contributed by atoms with van der Waals surface area (Å²) in [5, 5.41) is 0. The van der Waals surface area contributed by atoms with E-state index in [0.29, 0.717) is 12.6 Å². The molecular formula is C5H7N2O. The third-order valence-corrected chi connectivity index (χ3v) is 0.757. The summed E-state index contributed by atoms with van der Waals surface area (Å²) >= 11 is 0. The summed E-state index contributed by atoms with van der Waals surface area (Å²) in [6.45, 7) is 3.52. The van der Waals surface area contributed by atoms with E-state index in [9.17, 15) is 0 Å². The molecule has 0 spiro atoms. The second-order valence-electron chi connectivity index (χ2n) is 1.36. The van der Waals surface area contributed by atoms with Crippen molar-refractivity contribution in [3.05, 3.63) is 18.9 Å². The Hall–Kier alpha value is -0.830. The zero-order chi connectivity index (χ0) is 5.82. The zero-order valence-electron chi connectivity index (χ0n) is 4.42. The standard InChI is InChI=1S/C5H7N2O/c1-2-3-5-6-4-7-8-5/h2,4H,1,3H2,(H,6,7). The fourth-order valence-corrected chi connectivity index (χ4v) is 0.437. The van der Waals surface area contributed by atoms with E-state index >= 15 is 0 Å². The van der Waals surface area contributed by atoms with Crippen LogP contribution in [-0.4, -0.2) is 6.34 Å². The quantitative estimate of drug-likeness (QED) is 0.530. The van der Waals surface area contributed by atoms with Crippen molar-refractivity contribution < 1.29 is 4.84 Å². The van der Waals surface area contributed by atoms with Crippen LogP contribution in [0.25, 0.3) is 0 Å². The number of nitrogens with zero attached hydrogens (tertiary/aromatic N) is 1. The van der Waals surface area contributed by atoms with Crippen molar-refractivity contribution in [3.8, 4) is 0 Å². The maximum atomic E-state index is 4.77. The average Bonchev–Trinajstić information content (AvgIpc) is 2.19. The molecule has 1 rings (SSSR count). The van der Waals surface area contributed by atoms with Crippen molar-refractivity contribution in [1.82, 2.24) is 5.48 Å². The third kappa shape index (κ3) is 1.07. The van der Waals surface area contributed by atoms with E-state index < -0.39 is 0 Å². The van der Waals surface area contributed by atoms with Gasteiger partial charge in [0.25, 0.3) is 0 Å². The van der Waals surface area contributed by atoms with E-state index in [4.69, 9.17) is 4.84 Å². The van der Waals surface area contributed by atoms with Crippen molar-refractivity contribution in [2.24, 2.45) is 4.99 Å². The number of rotatable bonds is 2. The topological polar surface area (TPSA) is 33.6 Å². The molecular weight excluding hydrogens is 104 g/mol. The molecule has 1 N–H and O–H groups in total. The molecule has 1 aliphatic heterocycles. The Labute approximate surface area is 48.0 Å². The fourth-order valence-electron chi connectivity index (χ4n) is 0.437. The molecule has 0 amide bonds. The lowest BCUT2D eigenvalue weighted by atomic mass is 10.4. The monoisotopic (exact) mass is 111 g/mol. The zero-order valence-corrected chi connectivity index (χ0v) is 4.42. The van der Waals surface area contributed by atoms with Gasteiger partial charge in [0.15, 0.2) is 0 Å². The summed E-state index contributed by atoms with van der Waals surface area (Å²) in [5.74, 6) is 0. The molecule has 0 aliphatic carbocycles. The third-order valence-electron chi connectivity index (χ3n) is 0.757. The molecule has 43 valence electrons. The molecule has 0 aromatic heterocycles. The first-order valence-electron chi connectivity index (χ1n) is 2.35. The SMILES string of the molecule is C=CC[C]1N=CNO1. The summed E-state index contributed by atoms with van der Waals surface area (Å²) in [6, 6.07) is 0. The number of nitrogens with one attached hydrogen (secondary N) is 1. The van der Waals surface area contributed by atoms with Crippen LogP contribution in [0, 0.1) is 6.23 Å². The van der Waals surface area contributed by atoms with Crippen LogP contribution < -0.4 is 5.48 Å². The molecule has 1 aliphatic rings. The highest BCUT2D eigenvalue weighted by atomic mass is 16.7. The van der Waals surface area contributed by atoms with Crippen molar-refractivity contribution in [2.45, 2.75) is 6.42 Å². The van der Waals surface area contributed by atoms with Crippen LogP contribution in [0.15, 0.2) is 17.6 Å².